The van der Waals surface area contributed by atoms with Gasteiger partial charge in [0, 0.05) is 11.8 Å². The van der Waals surface area contributed by atoms with Crippen LogP contribution in [0.2, 0.25) is 0 Å². The highest BCUT2D eigenvalue weighted by Crippen LogP contribution is 2.26. The maximum Gasteiger partial charge on any atom is 0.255 e. The molecule has 0 aliphatic rings. The lowest BCUT2D eigenvalue weighted by Crippen LogP contribution is -2.15. The van der Waals surface area contributed by atoms with Crippen LogP contribution in [0.4, 0.5) is 0 Å². The van der Waals surface area contributed by atoms with Crippen molar-refractivity contribution >= 4 is 11.8 Å². The van der Waals surface area contributed by atoms with Gasteiger partial charge in [-0.1, -0.05) is 56.8 Å². The minimum atomic E-state index is -0.0128. The van der Waals surface area contributed by atoms with E-state index in [0.717, 1.165) is 17.0 Å². The Morgan fingerprint density at radius 3 is 2.40 bits per heavy atom. The second-order valence-electron chi connectivity index (χ2n) is 6.04. The van der Waals surface area contributed by atoms with Crippen molar-refractivity contribution in [2.75, 3.05) is 5.75 Å². The van der Waals surface area contributed by atoms with E-state index < -0.39 is 0 Å². The Labute approximate surface area is 125 Å². The Morgan fingerprint density at radius 1 is 1.25 bits per heavy atom. The molecule has 2 aromatic rings. The standard InChI is InChI=1S/C16H22N2OS/c1-11-9-19-15(18-11)20-10-14(17)12-5-7-13(8-6-12)16(2,3)4/h5-9,14H,10,17H2,1-4H3. The number of nitrogens with zero attached hydrogens (tertiary/aromatic N) is 1. The second-order valence-corrected chi connectivity index (χ2v) is 7.02. The summed E-state index contributed by atoms with van der Waals surface area (Å²) in [6.07, 6.45) is 1.66. The van der Waals surface area contributed by atoms with E-state index in [9.17, 15) is 0 Å². The molecule has 0 saturated heterocycles. The maximum absolute atomic E-state index is 6.22. The van der Waals surface area contributed by atoms with E-state index in [1.54, 1.807) is 18.0 Å². The van der Waals surface area contributed by atoms with Crippen LogP contribution in [0.15, 0.2) is 40.2 Å². The fourth-order valence-corrected chi connectivity index (χ4v) is 2.73. The molecule has 3 nitrogen and oxygen atoms in total. The Hall–Kier alpha value is -1.26. The summed E-state index contributed by atoms with van der Waals surface area (Å²) >= 11 is 1.55. The molecule has 2 N–H and O–H groups in total. The van der Waals surface area contributed by atoms with Crippen LogP contribution in [0.25, 0.3) is 0 Å². The number of hydrogen-bond acceptors (Lipinski definition) is 4. The lowest BCUT2D eigenvalue weighted by atomic mass is 9.86. The van der Waals surface area contributed by atoms with Gasteiger partial charge in [0.15, 0.2) is 0 Å². The Kier molecular flexibility index (Phi) is 4.55. The molecule has 0 aliphatic carbocycles. The highest BCUT2D eigenvalue weighted by molar-refractivity contribution is 7.99. The van der Waals surface area contributed by atoms with Crippen molar-refractivity contribution < 1.29 is 4.42 Å². The normalized spacial score (nSPS) is 13.4. The summed E-state index contributed by atoms with van der Waals surface area (Å²) in [4.78, 5) is 4.26. The Bertz CT molecular complexity index is 555. The van der Waals surface area contributed by atoms with Crippen LogP contribution in [0.3, 0.4) is 0 Å². The summed E-state index contributed by atoms with van der Waals surface area (Å²) in [5.41, 5.74) is 9.76. The van der Waals surface area contributed by atoms with E-state index in [-0.39, 0.29) is 11.5 Å². The van der Waals surface area contributed by atoms with Gasteiger partial charge in [0.2, 0.25) is 0 Å². The fraction of sp³-hybridized carbons (Fsp3) is 0.438. The first-order chi connectivity index (χ1) is 9.36. The van der Waals surface area contributed by atoms with Crippen LogP contribution in [-0.4, -0.2) is 10.7 Å². The molecule has 0 aliphatic heterocycles. The van der Waals surface area contributed by atoms with Gasteiger partial charge in [-0.3, -0.25) is 0 Å². The minimum Gasteiger partial charge on any atom is -0.440 e. The van der Waals surface area contributed by atoms with E-state index in [2.05, 4.69) is 50.0 Å². The molecule has 108 valence electrons. The molecule has 1 heterocycles. The van der Waals surface area contributed by atoms with Crippen molar-refractivity contribution in [2.24, 2.45) is 5.73 Å². The number of aromatic nitrogens is 1. The molecule has 0 fully saturated rings. The van der Waals surface area contributed by atoms with E-state index in [1.165, 1.54) is 5.56 Å². The number of oxazole rings is 1. The van der Waals surface area contributed by atoms with Gasteiger partial charge in [0.05, 0.1) is 5.69 Å². The molecule has 0 amide bonds. The number of nitrogens with two attached hydrogens (primary N) is 1. The fourth-order valence-electron chi connectivity index (χ4n) is 1.89. The molecule has 0 radical (unpaired) electrons. The molecular weight excluding hydrogens is 268 g/mol. The van der Waals surface area contributed by atoms with Crippen LogP contribution in [-0.2, 0) is 5.41 Å². The highest BCUT2D eigenvalue weighted by Gasteiger charge is 2.14. The largest absolute Gasteiger partial charge is 0.440 e. The summed E-state index contributed by atoms with van der Waals surface area (Å²) in [6.45, 7) is 8.55. The van der Waals surface area contributed by atoms with Gasteiger partial charge in [0.25, 0.3) is 5.22 Å². The van der Waals surface area contributed by atoms with Crippen LogP contribution in [0.5, 0.6) is 0 Å². The van der Waals surface area contributed by atoms with Crippen LogP contribution < -0.4 is 5.73 Å². The molecule has 1 atom stereocenters. The topological polar surface area (TPSA) is 52.0 Å². The number of aryl methyl sites for hydroxylation is 1. The molecule has 1 aromatic heterocycles. The highest BCUT2D eigenvalue weighted by atomic mass is 32.2. The molecule has 1 aromatic carbocycles. The first-order valence-corrected chi connectivity index (χ1v) is 7.76. The average molecular weight is 290 g/mol. The predicted octanol–water partition coefficient (Wildman–Crippen LogP) is 4.07. The summed E-state index contributed by atoms with van der Waals surface area (Å²) < 4.78 is 5.31. The van der Waals surface area contributed by atoms with Crippen molar-refractivity contribution in [3.8, 4) is 0 Å². The van der Waals surface area contributed by atoms with Gasteiger partial charge in [-0.15, -0.1) is 0 Å². The van der Waals surface area contributed by atoms with Crippen LogP contribution >= 0.6 is 11.8 Å². The SMILES string of the molecule is Cc1coc(SCC(N)c2ccc(C(C)(C)C)cc2)n1. The monoisotopic (exact) mass is 290 g/mol. The molecule has 4 heteroatoms. The number of thioether (sulfide) groups is 1. The number of hydrogen-bond donors (Lipinski definition) is 1. The van der Waals surface area contributed by atoms with Crippen molar-refractivity contribution in [1.82, 2.24) is 4.98 Å². The first kappa shape index (κ1) is 15.1. The quantitative estimate of drug-likeness (QED) is 0.862. The predicted molar refractivity (Wildman–Crippen MR) is 84.0 cm³/mol. The Balaban J connectivity index is 1.97. The number of benzene rings is 1. The third-order valence-electron chi connectivity index (χ3n) is 3.19. The van der Waals surface area contributed by atoms with E-state index in [1.807, 2.05) is 6.92 Å². The van der Waals surface area contributed by atoms with Crippen LogP contribution in [0.1, 0.15) is 43.6 Å². The van der Waals surface area contributed by atoms with Gasteiger partial charge in [-0.05, 0) is 23.5 Å². The van der Waals surface area contributed by atoms with Gasteiger partial charge >= 0.3 is 0 Å². The van der Waals surface area contributed by atoms with E-state index >= 15 is 0 Å². The zero-order valence-corrected chi connectivity index (χ0v) is 13.3. The third kappa shape index (κ3) is 3.87. The molecule has 0 spiro atoms. The summed E-state index contributed by atoms with van der Waals surface area (Å²) in [5.74, 6) is 0.759. The molecule has 0 saturated carbocycles. The van der Waals surface area contributed by atoms with Crippen molar-refractivity contribution in [3.05, 3.63) is 47.3 Å². The lowest BCUT2D eigenvalue weighted by molar-refractivity contribution is 0.453. The lowest BCUT2D eigenvalue weighted by Gasteiger charge is -2.20. The molecular formula is C16H22N2OS. The Morgan fingerprint density at radius 2 is 1.90 bits per heavy atom. The van der Waals surface area contributed by atoms with Crippen molar-refractivity contribution in [2.45, 2.75) is 44.4 Å². The maximum atomic E-state index is 6.22. The average Bonchev–Trinajstić information content (AvgIpc) is 2.81. The smallest absolute Gasteiger partial charge is 0.255 e. The zero-order valence-electron chi connectivity index (χ0n) is 12.5. The first-order valence-electron chi connectivity index (χ1n) is 6.77. The molecule has 1 unspecified atom stereocenters. The van der Waals surface area contributed by atoms with Gasteiger partial charge < -0.3 is 10.2 Å². The van der Waals surface area contributed by atoms with Crippen molar-refractivity contribution in [1.29, 1.82) is 0 Å². The van der Waals surface area contributed by atoms with Crippen molar-refractivity contribution in [3.63, 3.8) is 0 Å². The van der Waals surface area contributed by atoms with Gasteiger partial charge in [0.1, 0.15) is 6.26 Å². The summed E-state index contributed by atoms with van der Waals surface area (Å²) in [5, 5.41) is 0.685. The van der Waals surface area contributed by atoms with E-state index in [0.29, 0.717) is 5.22 Å². The molecule has 2 rings (SSSR count). The van der Waals surface area contributed by atoms with Crippen LogP contribution in [0, 0.1) is 6.92 Å². The summed E-state index contributed by atoms with van der Waals surface area (Å²) in [7, 11) is 0. The summed E-state index contributed by atoms with van der Waals surface area (Å²) in [6, 6.07) is 8.55. The number of rotatable bonds is 4. The zero-order chi connectivity index (χ0) is 14.8. The van der Waals surface area contributed by atoms with Gasteiger partial charge in [-0.2, -0.15) is 0 Å². The molecule has 20 heavy (non-hydrogen) atoms. The van der Waals surface area contributed by atoms with E-state index in [4.69, 9.17) is 10.2 Å². The van der Waals surface area contributed by atoms with Gasteiger partial charge in [-0.25, -0.2) is 4.98 Å². The molecule has 0 bridgehead atoms. The third-order valence-corrected chi connectivity index (χ3v) is 4.15. The second kappa shape index (κ2) is 6.02. The minimum absolute atomic E-state index is 0.0128.